The predicted molar refractivity (Wildman–Crippen MR) is 103 cm³/mol. The number of aromatic nitrogens is 1. The van der Waals surface area contributed by atoms with Gasteiger partial charge in [0.25, 0.3) is 5.91 Å². The van der Waals surface area contributed by atoms with E-state index < -0.39 is 0 Å². The average Bonchev–Trinajstić information content (AvgIpc) is 3.42. The molecule has 1 aromatic heterocycles. The lowest BCUT2D eigenvalue weighted by Crippen LogP contribution is -2.28. The number of nitrogens with one attached hydrogen (secondary N) is 2. The van der Waals surface area contributed by atoms with Crippen molar-refractivity contribution in [3.63, 3.8) is 0 Å². The summed E-state index contributed by atoms with van der Waals surface area (Å²) in [5.74, 6) is -0.109. The smallest absolute Gasteiger partial charge is 0.271 e. The first-order chi connectivity index (χ1) is 12.8. The highest BCUT2D eigenvalue weighted by molar-refractivity contribution is 7.09. The van der Waals surface area contributed by atoms with Crippen molar-refractivity contribution in [2.45, 2.75) is 24.9 Å². The van der Waals surface area contributed by atoms with Gasteiger partial charge >= 0.3 is 0 Å². The number of hydrogen-bond donors (Lipinski definition) is 2. The minimum absolute atomic E-state index is 0.109. The molecule has 2 N–H and O–H groups in total. The van der Waals surface area contributed by atoms with Gasteiger partial charge in [0.2, 0.25) is 0 Å². The summed E-state index contributed by atoms with van der Waals surface area (Å²) in [6.45, 7) is 1.03. The van der Waals surface area contributed by atoms with E-state index in [0.29, 0.717) is 11.7 Å². The largest absolute Gasteiger partial charge is 0.340 e. The fraction of sp³-hybridized carbons (Fsp3) is 0.238. The van der Waals surface area contributed by atoms with Crippen molar-refractivity contribution in [3.05, 3.63) is 75.7 Å². The second kappa shape index (κ2) is 6.34. The van der Waals surface area contributed by atoms with Crippen LogP contribution in [0, 0.1) is 0 Å². The van der Waals surface area contributed by atoms with Gasteiger partial charge in [0.05, 0.1) is 12.1 Å². The van der Waals surface area contributed by atoms with Gasteiger partial charge in [-0.3, -0.25) is 4.79 Å². The molecule has 1 aliphatic carbocycles. The zero-order valence-corrected chi connectivity index (χ0v) is 15.1. The molecule has 5 heteroatoms. The summed E-state index contributed by atoms with van der Waals surface area (Å²) in [5.41, 5.74) is 5.20. The second-order valence-electron chi connectivity index (χ2n) is 6.80. The zero-order valence-electron chi connectivity index (χ0n) is 14.2. The van der Waals surface area contributed by atoms with E-state index in [1.165, 1.54) is 17.5 Å². The monoisotopic (exact) mass is 361 g/mol. The first-order valence-electron chi connectivity index (χ1n) is 8.99. The minimum atomic E-state index is -0.121. The van der Waals surface area contributed by atoms with Crippen LogP contribution in [-0.2, 0) is 0 Å². The Hall–Kier alpha value is -2.50. The maximum Gasteiger partial charge on any atom is 0.271 e. The Morgan fingerprint density at radius 1 is 1.08 bits per heavy atom. The van der Waals surface area contributed by atoms with Crippen LogP contribution >= 0.6 is 11.3 Å². The molecule has 1 saturated heterocycles. The average molecular weight is 361 g/mol. The van der Waals surface area contributed by atoms with Crippen LogP contribution in [-0.4, -0.2) is 17.4 Å². The van der Waals surface area contributed by atoms with Crippen LogP contribution in [0.2, 0.25) is 0 Å². The Kier molecular flexibility index (Phi) is 3.84. The quantitative estimate of drug-likeness (QED) is 0.739. The van der Waals surface area contributed by atoms with E-state index in [0.717, 1.165) is 29.1 Å². The van der Waals surface area contributed by atoms with Crippen molar-refractivity contribution in [3.8, 4) is 11.1 Å². The van der Waals surface area contributed by atoms with Gasteiger partial charge in [0.15, 0.2) is 0 Å². The molecule has 130 valence electrons. The number of fused-ring (bicyclic) bond motifs is 3. The molecule has 1 aliphatic heterocycles. The minimum Gasteiger partial charge on any atom is -0.340 e. The van der Waals surface area contributed by atoms with Crippen molar-refractivity contribution < 1.29 is 4.79 Å². The van der Waals surface area contributed by atoms with Crippen molar-refractivity contribution in [1.82, 2.24) is 15.6 Å². The van der Waals surface area contributed by atoms with E-state index in [9.17, 15) is 4.79 Å². The van der Waals surface area contributed by atoms with Crippen LogP contribution in [0.25, 0.3) is 11.1 Å². The van der Waals surface area contributed by atoms with Gasteiger partial charge in [-0.05, 0) is 41.6 Å². The molecule has 4 nitrogen and oxygen atoms in total. The Balaban J connectivity index is 1.43. The van der Waals surface area contributed by atoms with E-state index >= 15 is 0 Å². The molecule has 1 amide bonds. The third kappa shape index (κ3) is 2.55. The van der Waals surface area contributed by atoms with E-state index in [1.54, 1.807) is 11.3 Å². The molecular formula is C21H19N3OS. The molecular weight excluding hydrogens is 342 g/mol. The maximum absolute atomic E-state index is 12.9. The molecule has 2 aromatic carbocycles. The van der Waals surface area contributed by atoms with E-state index in [2.05, 4.69) is 39.9 Å². The lowest BCUT2D eigenvalue weighted by molar-refractivity contribution is 0.0939. The number of carbonyl (C=O) groups excluding carboxylic acids is 1. The number of carbonyl (C=O) groups is 1. The molecule has 0 spiro atoms. The summed E-state index contributed by atoms with van der Waals surface area (Å²) in [6, 6.07) is 16.7. The number of rotatable bonds is 3. The fourth-order valence-electron chi connectivity index (χ4n) is 3.96. The molecule has 2 aliphatic rings. The van der Waals surface area contributed by atoms with E-state index in [-0.39, 0.29) is 11.9 Å². The Bertz CT molecular complexity index is 929. The topological polar surface area (TPSA) is 54.0 Å². The molecule has 2 heterocycles. The number of thiazole rings is 1. The van der Waals surface area contributed by atoms with Crippen LogP contribution in [0.4, 0.5) is 0 Å². The highest BCUT2D eigenvalue weighted by Gasteiger charge is 2.30. The lowest BCUT2D eigenvalue weighted by atomic mass is 10.1. The standard InChI is InChI=1S/C21H19N3OS/c25-20(18-12-26-21(23-18)17-10-5-11-22-17)24-19-15-8-3-1-6-13(15)14-7-2-4-9-16(14)19/h1-4,6-9,12,17,19,22H,5,10-11H2,(H,24,25). The Morgan fingerprint density at radius 2 is 1.77 bits per heavy atom. The van der Waals surface area contributed by atoms with Gasteiger partial charge in [0, 0.05) is 5.38 Å². The normalized spacial score (nSPS) is 18.5. The highest BCUT2D eigenvalue weighted by atomic mass is 32.1. The third-order valence-electron chi connectivity index (χ3n) is 5.22. The lowest BCUT2D eigenvalue weighted by Gasteiger charge is -2.15. The van der Waals surface area contributed by atoms with Gasteiger partial charge in [-0.25, -0.2) is 4.98 Å². The summed E-state index contributed by atoms with van der Waals surface area (Å²) in [7, 11) is 0. The fourth-order valence-corrected chi connectivity index (χ4v) is 4.87. The predicted octanol–water partition coefficient (Wildman–Crippen LogP) is 4.07. The van der Waals surface area contributed by atoms with Crippen LogP contribution in [0.3, 0.4) is 0 Å². The molecule has 1 unspecified atom stereocenters. The summed E-state index contributed by atoms with van der Waals surface area (Å²) < 4.78 is 0. The summed E-state index contributed by atoms with van der Waals surface area (Å²) in [6.07, 6.45) is 2.26. The summed E-state index contributed by atoms with van der Waals surface area (Å²) in [4.78, 5) is 17.5. The van der Waals surface area contributed by atoms with Crippen LogP contribution < -0.4 is 10.6 Å². The van der Waals surface area contributed by atoms with Crippen molar-refractivity contribution >= 4 is 17.2 Å². The summed E-state index contributed by atoms with van der Waals surface area (Å²) >= 11 is 1.57. The van der Waals surface area contributed by atoms with E-state index in [1.807, 2.05) is 29.6 Å². The number of benzene rings is 2. The molecule has 3 aromatic rings. The van der Waals surface area contributed by atoms with Crippen molar-refractivity contribution in [2.24, 2.45) is 0 Å². The van der Waals surface area contributed by atoms with Crippen LogP contribution in [0.1, 0.15) is 51.5 Å². The van der Waals surface area contributed by atoms with Crippen LogP contribution in [0.5, 0.6) is 0 Å². The van der Waals surface area contributed by atoms with Crippen LogP contribution in [0.15, 0.2) is 53.9 Å². The SMILES string of the molecule is O=C(NC1c2ccccc2-c2ccccc21)c1csc(C2CCCN2)n1. The Labute approximate surface area is 156 Å². The molecule has 0 radical (unpaired) electrons. The third-order valence-corrected chi connectivity index (χ3v) is 6.18. The first kappa shape index (κ1) is 15.7. The zero-order chi connectivity index (χ0) is 17.5. The van der Waals surface area contributed by atoms with Crippen molar-refractivity contribution in [2.75, 3.05) is 6.54 Å². The van der Waals surface area contributed by atoms with Crippen molar-refractivity contribution in [1.29, 1.82) is 0 Å². The molecule has 0 saturated carbocycles. The first-order valence-corrected chi connectivity index (χ1v) is 9.87. The number of nitrogens with zero attached hydrogens (tertiary/aromatic N) is 1. The van der Waals surface area contributed by atoms with E-state index in [4.69, 9.17) is 0 Å². The maximum atomic E-state index is 12.9. The second-order valence-corrected chi connectivity index (χ2v) is 7.69. The van der Waals surface area contributed by atoms with Gasteiger partial charge in [-0.1, -0.05) is 48.5 Å². The molecule has 1 atom stereocenters. The molecule has 0 bridgehead atoms. The number of hydrogen-bond acceptors (Lipinski definition) is 4. The highest BCUT2D eigenvalue weighted by Crippen LogP contribution is 2.43. The summed E-state index contributed by atoms with van der Waals surface area (Å²) in [5, 5.41) is 9.52. The molecule has 1 fully saturated rings. The van der Waals surface area contributed by atoms with Gasteiger partial charge in [-0.2, -0.15) is 0 Å². The van der Waals surface area contributed by atoms with Gasteiger partial charge in [-0.15, -0.1) is 11.3 Å². The molecule has 26 heavy (non-hydrogen) atoms. The van der Waals surface area contributed by atoms with Gasteiger partial charge in [0.1, 0.15) is 10.7 Å². The van der Waals surface area contributed by atoms with Gasteiger partial charge < -0.3 is 10.6 Å². The Morgan fingerprint density at radius 3 is 2.42 bits per heavy atom. The molecule has 5 rings (SSSR count). The number of amides is 1.